The monoisotopic (exact) mass is 486 g/mol. The van der Waals surface area contributed by atoms with Crippen molar-refractivity contribution >= 4 is 11.6 Å². The average Bonchev–Trinajstić information content (AvgIpc) is 3.26. The first kappa shape index (κ1) is 23.8. The third-order valence-corrected chi connectivity index (χ3v) is 5.82. The SMILES string of the molecule is CC(C)(NCc1ccc(C(F)(F)F)cc1)c1nc(-c2ccc(Cl)c(O)c2)c(-c2ccncc2)[nH]1. The van der Waals surface area contributed by atoms with Crippen LogP contribution in [0.15, 0.2) is 67.0 Å². The number of hydrogen-bond acceptors (Lipinski definition) is 4. The van der Waals surface area contributed by atoms with Crippen LogP contribution >= 0.6 is 11.6 Å². The second kappa shape index (κ2) is 9.12. The summed E-state index contributed by atoms with van der Waals surface area (Å²) < 4.78 is 38.5. The van der Waals surface area contributed by atoms with E-state index < -0.39 is 17.3 Å². The summed E-state index contributed by atoms with van der Waals surface area (Å²) in [4.78, 5) is 12.3. The summed E-state index contributed by atoms with van der Waals surface area (Å²) in [5, 5.41) is 13.7. The Hall–Kier alpha value is -3.36. The first-order valence-corrected chi connectivity index (χ1v) is 10.8. The molecule has 34 heavy (non-hydrogen) atoms. The summed E-state index contributed by atoms with van der Waals surface area (Å²) in [6, 6.07) is 13.7. The Kier molecular flexibility index (Phi) is 6.38. The van der Waals surface area contributed by atoms with Crippen molar-refractivity contribution in [3.8, 4) is 28.3 Å². The van der Waals surface area contributed by atoms with Crippen molar-refractivity contribution in [2.75, 3.05) is 0 Å². The molecule has 0 radical (unpaired) electrons. The summed E-state index contributed by atoms with van der Waals surface area (Å²) in [6.45, 7) is 4.19. The summed E-state index contributed by atoms with van der Waals surface area (Å²) >= 11 is 5.98. The van der Waals surface area contributed by atoms with Gasteiger partial charge in [-0.2, -0.15) is 13.2 Å². The van der Waals surface area contributed by atoms with Gasteiger partial charge in [0, 0.05) is 30.1 Å². The van der Waals surface area contributed by atoms with Crippen molar-refractivity contribution in [1.82, 2.24) is 20.3 Å². The molecule has 4 aromatic rings. The van der Waals surface area contributed by atoms with E-state index in [9.17, 15) is 18.3 Å². The van der Waals surface area contributed by atoms with Crippen molar-refractivity contribution in [2.24, 2.45) is 0 Å². The van der Waals surface area contributed by atoms with Crippen LogP contribution in [0.5, 0.6) is 5.75 Å². The quantitative estimate of drug-likeness (QED) is 0.289. The van der Waals surface area contributed by atoms with Gasteiger partial charge < -0.3 is 15.4 Å². The molecule has 3 N–H and O–H groups in total. The molecule has 2 heterocycles. The third-order valence-electron chi connectivity index (χ3n) is 5.50. The van der Waals surface area contributed by atoms with Crippen molar-refractivity contribution < 1.29 is 18.3 Å². The average molecular weight is 487 g/mol. The van der Waals surface area contributed by atoms with E-state index in [1.54, 1.807) is 30.6 Å². The zero-order valence-corrected chi connectivity index (χ0v) is 19.2. The van der Waals surface area contributed by atoms with Gasteiger partial charge in [-0.15, -0.1) is 0 Å². The number of hydrogen-bond donors (Lipinski definition) is 3. The Morgan fingerprint density at radius 2 is 1.65 bits per heavy atom. The highest BCUT2D eigenvalue weighted by molar-refractivity contribution is 6.32. The molecule has 5 nitrogen and oxygen atoms in total. The highest BCUT2D eigenvalue weighted by atomic mass is 35.5. The fourth-order valence-electron chi connectivity index (χ4n) is 3.48. The minimum atomic E-state index is -4.37. The maximum Gasteiger partial charge on any atom is 0.416 e. The molecule has 0 fully saturated rings. The highest BCUT2D eigenvalue weighted by Gasteiger charge is 2.30. The molecule has 2 aromatic carbocycles. The van der Waals surface area contributed by atoms with Crippen LogP contribution in [0.2, 0.25) is 5.02 Å². The molecule has 0 saturated carbocycles. The van der Waals surface area contributed by atoms with E-state index in [0.29, 0.717) is 29.2 Å². The number of phenols is 1. The lowest BCUT2D eigenvalue weighted by molar-refractivity contribution is -0.137. The predicted molar refractivity (Wildman–Crippen MR) is 125 cm³/mol. The number of aromatic amines is 1. The number of alkyl halides is 3. The molecule has 4 rings (SSSR count). The second-order valence-corrected chi connectivity index (χ2v) is 8.79. The molecule has 0 aliphatic rings. The summed E-state index contributed by atoms with van der Waals surface area (Å²) in [5.74, 6) is 0.569. The van der Waals surface area contributed by atoms with E-state index in [2.05, 4.69) is 15.3 Å². The Labute approximate surface area is 199 Å². The molecule has 0 bridgehead atoms. The van der Waals surface area contributed by atoms with Gasteiger partial charge in [-0.3, -0.25) is 4.98 Å². The van der Waals surface area contributed by atoms with E-state index in [-0.39, 0.29) is 10.8 Å². The summed E-state index contributed by atoms with van der Waals surface area (Å²) in [6.07, 6.45) is -1.02. The van der Waals surface area contributed by atoms with Gasteiger partial charge in [-0.1, -0.05) is 29.8 Å². The fourth-order valence-corrected chi connectivity index (χ4v) is 3.60. The number of benzene rings is 2. The van der Waals surface area contributed by atoms with Gasteiger partial charge in [0.25, 0.3) is 0 Å². The Bertz CT molecular complexity index is 1290. The third kappa shape index (κ3) is 5.08. The van der Waals surface area contributed by atoms with Crippen LogP contribution in [0.25, 0.3) is 22.5 Å². The lowest BCUT2D eigenvalue weighted by Crippen LogP contribution is -2.37. The molecule has 0 aliphatic heterocycles. The van der Waals surface area contributed by atoms with Gasteiger partial charge in [0.1, 0.15) is 11.6 Å². The van der Waals surface area contributed by atoms with Gasteiger partial charge in [-0.05, 0) is 55.8 Å². The van der Waals surface area contributed by atoms with Crippen LogP contribution in [0.3, 0.4) is 0 Å². The number of nitrogens with zero attached hydrogens (tertiary/aromatic N) is 2. The van der Waals surface area contributed by atoms with Gasteiger partial charge in [0.2, 0.25) is 0 Å². The molecule has 0 aliphatic carbocycles. The molecule has 2 aromatic heterocycles. The number of pyridine rings is 1. The van der Waals surface area contributed by atoms with Crippen LogP contribution < -0.4 is 5.32 Å². The first-order valence-electron chi connectivity index (χ1n) is 10.5. The van der Waals surface area contributed by atoms with Gasteiger partial charge in [0.05, 0.1) is 27.5 Å². The highest BCUT2D eigenvalue weighted by Crippen LogP contribution is 2.36. The number of aromatic hydroxyl groups is 1. The molecule has 0 atom stereocenters. The number of H-pyrrole nitrogens is 1. The van der Waals surface area contributed by atoms with Crippen LogP contribution in [0.1, 0.15) is 30.8 Å². The minimum absolute atomic E-state index is 0.0518. The van der Waals surface area contributed by atoms with E-state index in [4.69, 9.17) is 16.6 Å². The normalized spacial score (nSPS) is 12.2. The molecule has 0 amide bonds. The summed E-state index contributed by atoms with van der Waals surface area (Å²) in [5.41, 5.74) is 2.27. The lowest BCUT2D eigenvalue weighted by atomic mass is 10.0. The standard InChI is InChI=1S/C25H22ClF3N4O/c1-24(2,31-14-15-3-6-18(7-4-15)25(27,28)29)23-32-21(16-9-11-30-12-10-16)22(33-23)17-5-8-19(26)20(34)13-17/h3-13,31,34H,14H2,1-2H3,(H,32,33). The predicted octanol–water partition coefficient (Wildman–Crippen LogP) is 6.54. The van der Waals surface area contributed by atoms with Crippen LogP contribution in [-0.4, -0.2) is 20.1 Å². The van der Waals surface area contributed by atoms with Crippen LogP contribution in [0.4, 0.5) is 13.2 Å². The maximum absolute atomic E-state index is 12.8. The van der Waals surface area contributed by atoms with Crippen molar-refractivity contribution in [2.45, 2.75) is 32.1 Å². The fraction of sp³-hybridized carbons (Fsp3) is 0.200. The first-order chi connectivity index (χ1) is 16.0. The molecule has 176 valence electrons. The van der Waals surface area contributed by atoms with E-state index in [1.807, 2.05) is 26.0 Å². The number of imidazole rings is 1. The zero-order valence-electron chi connectivity index (χ0n) is 18.4. The second-order valence-electron chi connectivity index (χ2n) is 8.38. The Morgan fingerprint density at radius 3 is 2.26 bits per heavy atom. The zero-order chi connectivity index (χ0) is 24.5. The smallest absolute Gasteiger partial charge is 0.416 e. The number of halogens is 4. The van der Waals surface area contributed by atoms with E-state index >= 15 is 0 Å². The molecule has 0 unspecified atom stereocenters. The van der Waals surface area contributed by atoms with Gasteiger partial charge in [0.15, 0.2) is 0 Å². The summed E-state index contributed by atoms with van der Waals surface area (Å²) in [7, 11) is 0. The number of aromatic nitrogens is 3. The van der Waals surface area contributed by atoms with Crippen molar-refractivity contribution in [3.63, 3.8) is 0 Å². The molecule has 9 heteroatoms. The van der Waals surface area contributed by atoms with Crippen LogP contribution in [0, 0.1) is 0 Å². The van der Waals surface area contributed by atoms with Gasteiger partial charge >= 0.3 is 6.18 Å². The van der Waals surface area contributed by atoms with Crippen molar-refractivity contribution in [1.29, 1.82) is 0 Å². The molecular formula is C25H22ClF3N4O. The molecule has 0 saturated heterocycles. The Morgan fingerprint density at radius 1 is 0.971 bits per heavy atom. The van der Waals surface area contributed by atoms with Crippen molar-refractivity contribution in [3.05, 3.63) is 89.0 Å². The largest absolute Gasteiger partial charge is 0.506 e. The van der Waals surface area contributed by atoms with E-state index in [1.165, 1.54) is 12.1 Å². The molecule has 0 spiro atoms. The lowest BCUT2D eigenvalue weighted by Gasteiger charge is -2.24. The minimum Gasteiger partial charge on any atom is -0.506 e. The van der Waals surface area contributed by atoms with Crippen LogP contribution in [-0.2, 0) is 18.3 Å². The Balaban J connectivity index is 1.65. The number of phenolic OH excluding ortho intramolecular Hbond substituents is 1. The maximum atomic E-state index is 12.8. The topological polar surface area (TPSA) is 73.8 Å². The molecular weight excluding hydrogens is 465 g/mol. The number of rotatable bonds is 6. The van der Waals surface area contributed by atoms with E-state index in [0.717, 1.165) is 23.4 Å². The number of nitrogens with one attached hydrogen (secondary N) is 2. The van der Waals surface area contributed by atoms with Gasteiger partial charge in [-0.25, -0.2) is 4.98 Å².